The first-order chi connectivity index (χ1) is 15.3. The maximum atomic E-state index is 12.0. The summed E-state index contributed by atoms with van der Waals surface area (Å²) in [5.41, 5.74) is 2.52. The number of ether oxygens (including phenoxy) is 2. The van der Waals surface area contributed by atoms with Crippen molar-refractivity contribution in [2.45, 2.75) is 90.4 Å². The number of hydrogen-bond donors (Lipinski definition) is 0. The number of unbranched alkanes of at least 4 members (excludes halogenated alkanes) is 9. The lowest BCUT2D eigenvalue weighted by molar-refractivity contribution is 0.0969. The zero-order valence-electron chi connectivity index (χ0n) is 19.3. The zero-order chi connectivity index (χ0) is 22.0. The topological polar surface area (TPSA) is 35.5 Å². The van der Waals surface area contributed by atoms with Gasteiger partial charge in [-0.25, -0.2) is 4.79 Å². The standard InChI is InChI=1S/C28H40O3/c1-2-3-4-14-21-26-22-15-16-23-27(26)31-28(29)30-24-17-9-7-5-6-8-11-18-25-19-12-10-13-20-25/h10,12-13,15-16,19-20,22-23H,2-9,11,14,17-18,21,24H2,1H3. The van der Waals surface area contributed by atoms with Gasteiger partial charge in [-0.3, -0.25) is 0 Å². The number of carbonyl (C=O) groups is 1. The maximum Gasteiger partial charge on any atom is 0.513 e. The molecule has 0 atom stereocenters. The Kier molecular flexibility index (Phi) is 13.2. The van der Waals surface area contributed by atoms with Crippen LogP contribution in [-0.4, -0.2) is 12.8 Å². The van der Waals surface area contributed by atoms with E-state index in [-0.39, 0.29) is 0 Å². The van der Waals surface area contributed by atoms with E-state index in [2.05, 4.69) is 37.3 Å². The molecule has 0 heterocycles. The Hall–Kier alpha value is -2.29. The third-order valence-corrected chi connectivity index (χ3v) is 5.64. The van der Waals surface area contributed by atoms with Crippen LogP contribution in [0.2, 0.25) is 0 Å². The lowest BCUT2D eigenvalue weighted by Crippen LogP contribution is -2.12. The molecule has 0 bridgehead atoms. The highest BCUT2D eigenvalue weighted by molar-refractivity contribution is 5.64. The fourth-order valence-electron chi connectivity index (χ4n) is 3.79. The van der Waals surface area contributed by atoms with Crippen LogP contribution in [0.25, 0.3) is 0 Å². The van der Waals surface area contributed by atoms with Crippen molar-refractivity contribution in [3.05, 3.63) is 65.7 Å². The highest BCUT2D eigenvalue weighted by Crippen LogP contribution is 2.21. The van der Waals surface area contributed by atoms with Gasteiger partial charge in [-0.1, -0.05) is 107 Å². The van der Waals surface area contributed by atoms with E-state index in [1.807, 2.05) is 24.3 Å². The lowest BCUT2D eigenvalue weighted by atomic mass is 10.0. The molecule has 170 valence electrons. The Bertz CT molecular complexity index is 711. The molecule has 3 nitrogen and oxygen atoms in total. The van der Waals surface area contributed by atoms with Crippen LogP contribution >= 0.6 is 0 Å². The summed E-state index contributed by atoms with van der Waals surface area (Å²) >= 11 is 0. The summed E-state index contributed by atoms with van der Waals surface area (Å²) in [6, 6.07) is 18.5. The van der Waals surface area contributed by atoms with Gasteiger partial charge in [-0.2, -0.15) is 0 Å². The Morgan fingerprint density at radius 2 is 1.29 bits per heavy atom. The molecule has 0 saturated carbocycles. The van der Waals surface area contributed by atoms with Crippen LogP contribution in [-0.2, 0) is 17.6 Å². The quantitative estimate of drug-likeness (QED) is 0.154. The van der Waals surface area contributed by atoms with Crippen molar-refractivity contribution in [3.63, 3.8) is 0 Å². The van der Waals surface area contributed by atoms with Crippen LogP contribution in [0.4, 0.5) is 4.79 Å². The minimum Gasteiger partial charge on any atom is -0.434 e. The van der Waals surface area contributed by atoms with Gasteiger partial charge in [-0.15, -0.1) is 0 Å². The van der Waals surface area contributed by atoms with Gasteiger partial charge < -0.3 is 9.47 Å². The van der Waals surface area contributed by atoms with Gasteiger partial charge in [0.2, 0.25) is 0 Å². The first-order valence-electron chi connectivity index (χ1n) is 12.3. The maximum absolute atomic E-state index is 12.0. The molecule has 2 aromatic rings. The van der Waals surface area contributed by atoms with Crippen LogP contribution in [0.3, 0.4) is 0 Å². The highest BCUT2D eigenvalue weighted by atomic mass is 16.7. The van der Waals surface area contributed by atoms with Crippen molar-refractivity contribution in [1.29, 1.82) is 0 Å². The predicted octanol–water partition coefficient (Wildman–Crippen LogP) is 8.30. The molecule has 3 heteroatoms. The number of rotatable bonds is 16. The van der Waals surface area contributed by atoms with Crippen molar-refractivity contribution in [3.8, 4) is 5.75 Å². The Morgan fingerprint density at radius 3 is 2.06 bits per heavy atom. The summed E-state index contributed by atoms with van der Waals surface area (Å²) < 4.78 is 10.7. The summed E-state index contributed by atoms with van der Waals surface area (Å²) in [7, 11) is 0. The molecule has 31 heavy (non-hydrogen) atoms. The van der Waals surface area contributed by atoms with Crippen LogP contribution in [0.15, 0.2) is 54.6 Å². The van der Waals surface area contributed by atoms with Gasteiger partial charge in [0.05, 0.1) is 6.61 Å². The monoisotopic (exact) mass is 424 g/mol. The van der Waals surface area contributed by atoms with Crippen LogP contribution in [0, 0.1) is 0 Å². The molecular weight excluding hydrogens is 384 g/mol. The number of hydrogen-bond acceptors (Lipinski definition) is 3. The first kappa shape index (κ1) is 25.0. The largest absolute Gasteiger partial charge is 0.513 e. The summed E-state index contributed by atoms with van der Waals surface area (Å²) in [6.45, 7) is 2.64. The van der Waals surface area contributed by atoms with E-state index in [1.165, 1.54) is 63.4 Å². The Balaban J connectivity index is 1.48. The molecule has 0 N–H and O–H groups in total. The Morgan fingerprint density at radius 1 is 0.677 bits per heavy atom. The van der Waals surface area contributed by atoms with Gasteiger partial charge in [0, 0.05) is 0 Å². The molecule has 0 aliphatic heterocycles. The molecule has 0 unspecified atom stereocenters. The fourth-order valence-corrected chi connectivity index (χ4v) is 3.79. The molecule has 2 aromatic carbocycles. The average molecular weight is 425 g/mol. The molecule has 0 spiro atoms. The Labute approximate surface area is 189 Å². The van der Waals surface area contributed by atoms with E-state index in [1.54, 1.807) is 0 Å². The predicted molar refractivity (Wildman–Crippen MR) is 129 cm³/mol. The van der Waals surface area contributed by atoms with Gasteiger partial charge in [0.15, 0.2) is 0 Å². The number of carbonyl (C=O) groups excluding carboxylic acids is 1. The highest BCUT2D eigenvalue weighted by Gasteiger charge is 2.10. The van der Waals surface area contributed by atoms with E-state index in [0.29, 0.717) is 12.4 Å². The number of para-hydroxylation sites is 1. The van der Waals surface area contributed by atoms with Gasteiger partial charge in [0.25, 0.3) is 0 Å². The third kappa shape index (κ3) is 11.6. The first-order valence-corrected chi connectivity index (χ1v) is 12.3. The van der Waals surface area contributed by atoms with Gasteiger partial charge in [-0.05, 0) is 49.3 Å². The third-order valence-electron chi connectivity index (χ3n) is 5.64. The van der Waals surface area contributed by atoms with Crippen LogP contribution in [0.1, 0.15) is 88.7 Å². The summed E-state index contributed by atoms with van der Waals surface area (Å²) in [6.07, 6.45) is 14.6. The molecule has 0 saturated heterocycles. The normalized spacial score (nSPS) is 10.7. The smallest absolute Gasteiger partial charge is 0.434 e. The molecule has 0 aliphatic carbocycles. The van der Waals surface area contributed by atoms with Gasteiger partial charge >= 0.3 is 6.16 Å². The number of aryl methyl sites for hydroxylation is 2. The molecule has 0 aliphatic rings. The number of benzene rings is 2. The molecule has 0 fully saturated rings. The minimum absolute atomic E-state index is 0.436. The summed E-state index contributed by atoms with van der Waals surface area (Å²) in [4.78, 5) is 12.0. The SMILES string of the molecule is CCCCCCc1ccccc1OC(=O)OCCCCCCCCCc1ccccc1. The summed E-state index contributed by atoms with van der Waals surface area (Å²) in [5.74, 6) is 0.638. The van der Waals surface area contributed by atoms with Crippen LogP contribution in [0.5, 0.6) is 5.75 Å². The second-order valence-corrected chi connectivity index (χ2v) is 8.33. The van der Waals surface area contributed by atoms with E-state index < -0.39 is 6.16 Å². The molecular formula is C28H40O3. The zero-order valence-corrected chi connectivity index (χ0v) is 19.3. The molecule has 0 aromatic heterocycles. The van der Waals surface area contributed by atoms with E-state index >= 15 is 0 Å². The van der Waals surface area contributed by atoms with E-state index in [9.17, 15) is 4.79 Å². The average Bonchev–Trinajstić information content (AvgIpc) is 2.79. The van der Waals surface area contributed by atoms with Crippen LogP contribution < -0.4 is 4.74 Å². The lowest BCUT2D eigenvalue weighted by Gasteiger charge is -2.10. The van der Waals surface area contributed by atoms with E-state index in [0.717, 1.165) is 31.2 Å². The van der Waals surface area contributed by atoms with Gasteiger partial charge in [0.1, 0.15) is 5.75 Å². The molecule has 2 rings (SSSR count). The second-order valence-electron chi connectivity index (χ2n) is 8.33. The van der Waals surface area contributed by atoms with Crippen molar-refractivity contribution in [1.82, 2.24) is 0 Å². The van der Waals surface area contributed by atoms with Crippen molar-refractivity contribution >= 4 is 6.16 Å². The van der Waals surface area contributed by atoms with Crippen molar-refractivity contribution in [2.24, 2.45) is 0 Å². The van der Waals surface area contributed by atoms with Crippen molar-refractivity contribution in [2.75, 3.05) is 6.61 Å². The molecule has 0 radical (unpaired) electrons. The summed E-state index contributed by atoms with van der Waals surface area (Å²) in [5, 5.41) is 0. The second kappa shape index (κ2) is 16.4. The fraction of sp³-hybridized carbons (Fsp3) is 0.536. The van der Waals surface area contributed by atoms with Crippen molar-refractivity contribution < 1.29 is 14.3 Å². The minimum atomic E-state index is -0.582. The molecule has 0 amide bonds. The van der Waals surface area contributed by atoms with E-state index in [4.69, 9.17) is 9.47 Å².